The first kappa shape index (κ1) is 33.4. The second-order valence-corrected chi connectivity index (χ2v) is 14.4. The molecule has 0 fully saturated rings. The summed E-state index contributed by atoms with van der Waals surface area (Å²) in [6.45, 7) is 6.44. The number of rotatable bonds is 9. The summed E-state index contributed by atoms with van der Waals surface area (Å²) in [6.07, 6.45) is 0.400. The molecule has 0 radical (unpaired) electrons. The van der Waals surface area contributed by atoms with Crippen LogP contribution >= 0.6 is 0 Å². The van der Waals surface area contributed by atoms with Crippen LogP contribution in [0.15, 0.2) is 137 Å². The van der Waals surface area contributed by atoms with Crippen molar-refractivity contribution in [2.45, 2.75) is 43.4 Å². The lowest BCUT2D eigenvalue weighted by Gasteiger charge is -2.22. The maximum Gasteiger partial charge on any atom is 0.294 e. The highest BCUT2D eigenvalue weighted by molar-refractivity contribution is 7.85. The summed E-state index contributed by atoms with van der Waals surface area (Å²) in [5.74, 6) is -0.299. The molecule has 0 saturated carbocycles. The van der Waals surface area contributed by atoms with Crippen molar-refractivity contribution >= 4 is 44.3 Å². The number of carbonyl (C=O) groups excluding carboxylic acids is 2. The second-order valence-electron chi connectivity index (χ2n) is 13.0. The Labute approximate surface area is 285 Å². The van der Waals surface area contributed by atoms with Crippen LogP contribution in [0.2, 0.25) is 0 Å². The van der Waals surface area contributed by atoms with Gasteiger partial charge in [-0.25, -0.2) is 0 Å². The number of para-hydroxylation sites is 1. The molecule has 6 rings (SSSR count). The van der Waals surface area contributed by atoms with Gasteiger partial charge in [0.2, 0.25) is 5.91 Å². The predicted molar refractivity (Wildman–Crippen MR) is 193 cm³/mol. The van der Waals surface area contributed by atoms with E-state index in [4.69, 9.17) is 4.42 Å². The van der Waals surface area contributed by atoms with Crippen LogP contribution in [0.3, 0.4) is 0 Å². The van der Waals surface area contributed by atoms with Crippen LogP contribution in [0.5, 0.6) is 0 Å². The Bertz CT molecular complexity index is 2180. The summed E-state index contributed by atoms with van der Waals surface area (Å²) in [4.78, 5) is 26.5. The lowest BCUT2D eigenvalue weighted by molar-refractivity contribution is -0.117. The summed E-state index contributed by atoms with van der Waals surface area (Å²) >= 11 is 0. The van der Waals surface area contributed by atoms with E-state index < -0.39 is 16.0 Å². The highest BCUT2D eigenvalue weighted by Gasteiger charge is 2.23. The van der Waals surface area contributed by atoms with Crippen LogP contribution in [0.4, 0.5) is 11.4 Å². The van der Waals surface area contributed by atoms with E-state index in [2.05, 4.69) is 43.5 Å². The molecule has 1 unspecified atom stereocenters. The monoisotopic (exact) mass is 672 g/mol. The second kappa shape index (κ2) is 13.5. The van der Waals surface area contributed by atoms with Gasteiger partial charge in [-0.1, -0.05) is 75.4 Å². The summed E-state index contributed by atoms with van der Waals surface area (Å²) in [5, 5.41) is 6.84. The highest BCUT2D eigenvalue weighted by Crippen LogP contribution is 2.30. The number of carbonyl (C=O) groups is 2. The molecule has 5 aromatic carbocycles. The molecule has 0 aliphatic rings. The first-order chi connectivity index (χ1) is 23.3. The smallest absolute Gasteiger partial charge is 0.294 e. The van der Waals surface area contributed by atoms with Gasteiger partial charge in [0.1, 0.15) is 11.3 Å². The molecule has 0 saturated heterocycles. The number of hydrogen-bond acceptors (Lipinski definition) is 5. The minimum Gasteiger partial charge on any atom is -0.456 e. The van der Waals surface area contributed by atoms with E-state index in [-0.39, 0.29) is 22.1 Å². The van der Waals surface area contributed by atoms with Gasteiger partial charge in [-0.05, 0) is 101 Å². The van der Waals surface area contributed by atoms with E-state index in [0.29, 0.717) is 23.4 Å². The van der Waals surface area contributed by atoms with Crippen LogP contribution in [-0.4, -0.2) is 24.8 Å². The minimum atomic E-state index is -4.33. The topological polar surface area (TPSA) is 126 Å². The number of nitrogens with one attached hydrogen (secondary N) is 2. The predicted octanol–water partition coefficient (Wildman–Crippen LogP) is 8.86. The van der Waals surface area contributed by atoms with Gasteiger partial charge in [-0.2, -0.15) is 8.42 Å². The Morgan fingerprint density at radius 1 is 0.755 bits per heavy atom. The van der Waals surface area contributed by atoms with Gasteiger partial charge < -0.3 is 15.1 Å². The molecule has 0 spiro atoms. The fraction of sp³-hybridized carbons (Fsp3) is 0.150. The summed E-state index contributed by atoms with van der Waals surface area (Å²) in [7, 11) is -4.33. The van der Waals surface area contributed by atoms with E-state index in [9.17, 15) is 22.6 Å². The lowest BCUT2D eigenvalue weighted by Crippen LogP contribution is -2.23. The Hall–Kier alpha value is -5.51. The Kier molecular flexibility index (Phi) is 9.23. The zero-order valence-corrected chi connectivity index (χ0v) is 28.1. The lowest BCUT2D eigenvalue weighted by atomic mass is 9.84. The SMILES string of the molecule is CC(C)(C)c1ccc(C(Cc2ccc(C(=O)Nc3ccc(S(=O)(=O)O)cc3)cc2)C(=O)Nc2ccc(-c3cc4ccccc4o3)cc2)cc1. The standard InChI is InChI=1S/C40H36N2O6S/c1-40(2,3)31-16-12-27(13-17-31)35(39(44)42-32-18-14-28(15-19-32)37-25-30-6-4-5-7-36(30)48-37)24-26-8-10-29(11-9-26)38(43)41-33-20-22-34(23-21-33)49(45,46)47/h4-23,25,35H,24H2,1-3H3,(H,41,43)(H,42,44)(H,45,46,47). The van der Waals surface area contributed by atoms with Crippen LogP contribution in [0, 0.1) is 0 Å². The Morgan fingerprint density at radius 2 is 1.37 bits per heavy atom. The zero-order chi connectivity index (χ0) is 34.8. The van der Waals surface area contributed by atoms with Crippen molar-refractivity contribution in [3.63, 3.8) is 0 Å². The van der Waals surface area contributed by atoms with E-state index in [1.807, 2.05) is 78.9 Å². The molecule has 0 bridgehead atoms. The van der Waals surface area contributed by atoms with Crippen molar-refractivity contribution in [1.29, 1.82) is 0 Å². The first-order valence-corrected chi connectivity index (χ1v) is 17.3. The molecular weight excluding hydrogens is 637 g/mol. The molecule has 0 aliphatic carbocycles. The molecular formula is C40H36N2O6S. The molecule has 8 nitrogen and oxygen atoms in total. The maximum absolute atomic E-state index is 13.9. The van der Waals surface area contributed by atoms with Crippen molar-refractivity contribution in [2.24, 2.45) is 0 Å². The largest absolute Gasteiger partial charge is 0.456 e. The Balaban J connectivity index is 1.19. The normalized spacial score (nSPS) is 12.4. The van der Waals surface area contributed by atoms with Gasteiger partial charge in [0.15, 0.2) is 0 Å². The van der Waals surface area contributed by atoms with Gasteiger partial charge in [0, 0.05) is 27.9 Å². The summed E-state index contributed by atoms with van der Waals surface area (Å²) < 4.78 is 37.8. The van der Waals surface area contributed by atoms with Crippen molar-refractivity contribution < 1.29 is 27.0 Å². The molecule has 49 heavy (non-hydrogen) atoms. The van der Waals surface area contributed by atoms with E-state index in [1.165, 1.54) is 29.8 Å². The molecule has 1 aromatic heterocycles. The third-order valence-corrected chi connectivity index (χ3v) is 9.29. The summed E-state index contributed by atoms with van der Waals surface area (Å²) in [5.41, 5.74) is 6.03. The fourth-order valence-corrected chi connectivity index (χ4v) is 6.07. The molecule has 3 N–H and O–H groups in total. The fourth-order valence-electron chi connectivity index (χ4n) is 5.59. The highest BCUT2D eigenvalue weighted by atomic mass is 32.2. The Morgan fingerprint density at radius 3 is 1.98 bits per heavy atom. The van der Waals surface area contributed by atoms with Crippen molar-refractivity contribution in [1.82, 2.24) is 0 Å². The zero-order valence-electron chi connectivity index (χ0n) is 27.3. The number of fused-ring (bicyclic) bond motifs is 1. The van der Waals surface area contributed by atoms with E-state index in [0.717, 1.165) is 33.4 Å². The van der Waals surface area contributed by atoms with Gasteiger partial charge in [-0.15, -0.1) is 0 Å². The molecule has 2 amide bonds. The molecule has 248 valence electrons. The van der Waals surface area contributed by atoms with Crippen molar-refractivity contribution in [3.8, 4) is 11.3 Å². The molecule has 1 atom stereocenters. The molecule has 1 heterocycles. The van der Waals surface area contributed by atoms with Gasteiger partial charge in [0.25, 0.3) is 16.0 Å². The van der Waals surface area contributed by atoms with Gasteiger partial charge in [-0.3, -0.25) is 14.1 Å². The minimum absolute atomic E-state index is 0.0349. The number of furan rings is 1. The van der Waals surface area contributed by atoms with Crippen molar-refractivity contribution in [2.75, 3.05) is 10.6 Å². The van der Waals surface area contributed by atoms with E-state index in [1.54, 1.807) is 12.1 Å². The maximum atomic E-state index is 13.9. The number of hydrogen-bond donors (Lipinski definition) is 3. The van der Waals surface area contributed by atoms with Crippen LogP contribution in [0.1, 0.15) is 53.7 Å². The average molecular weight is 673 g/mol. The number of anilines is 2. The van der Waals surface area contributed by atoms with E-state index >= 15 is 0 Å². The third-order valence-electron chi connectivity index (χ3n) is 8.42. The average Bonchev–Trinajstić information content (AvgIpc) is 3.52. The van der Waals surface area contributed by atoms with Crippen LogP contribution < -0.4 is 10.6 Å². The quantitative estimate of drug-likeness (QED) is 0.132. The van der Waals surface area contributed by atoms with Crippen LogP contribution in [-0.2, 0) is 26.7 Å². The molecule has 6 aromatic rings. The van der Waals surface area contributed by atoms with Crippen molar-refractivity contribution in [3.05, 3.63) is 150 Å². The molecule has 0 aliphatic heterocycles. The van der Waals surface area contributed by atoms with Gasteiger partial charge >= 0.3 is 0 Å². The first-order valence-electron chi connectivity index (χ1n) is 15.8. The van der Waals surface area contributed by atoms with Crippen LogP contribution in [0.25, 0.3) is 22.3 Å². The van der Waals surface area contributed by atoms with Gasteiger partial charge in [0.05, 0.1) is 10.8 Å². The molecule has 9 heteroatoms. The third kappa shape index (κ3) is 7.97. The number of benzene rings is 5. The summed E-state index contributed by atoms with van der Waals surface area (Å²) in [6, 6.07) is 37.8. The number of amides is 2.